The van der Waals surface area contributed by atoms with E-state index in [-0.39, 0.29) is 0 Å². The van der Waals surface area contributed by atoms with E-state index in [4.69, 9.17) is 4.74 Å². The van der Waals surface area contributed by atoms with Gasteiger partial charge >= 0.3 is 0 Å². The molecule has 92 valence electrons. The molecule has 2 nitrogen and oxygen atoms in total. The molecule has 0 heterocycles. The maximum Gasteiger partial charge on any atom is 0.0571 e. The third-order valence-corrected chi connectivity index (χ3v) is 3.07. The van der Waals surface area contributed by atoms with Gasteiger partial charge in [0.15, 0.2) is 0 Å². The molecule has 0 aliphatic heterocycles. The summed E-state index contributed by atoms with van der Waals surface area (Å²) in [5.74, 6) is 0. The van der Waals surface area contributed by atoms with Crippen LogP contribution in [0.5, 0.6) is 0 Å². The summed E-state index contributed by atoms with van der Waals surface area (Å²) >= 11 is 0. The molecule has 0 aromatic rings. The second-order valence-corrected chi connectivity index (χ2v) is 4.26. The highest BCUT2D eigenvalue weighted by molar-refractivity contribution is 4.64. The highest BCUT2D eigenvalue weighted by atomic mass is 16.5. The van der Waals surface area contributed by atoms with Crippen LogP contribution in [0.4, 0.5) is 0 Å². The number of ether oxygens (including phenoxy) is 1. The van der Waals surface area contributed by atoms with E-state index >= 15 is 0 Å². The summed E-state index contributed by atoms with van der Waals surface area (Å²) in [4.78, 5) is 0. The van der Waals surface area contributed by atoms with Gasteiger partial charge in [-0.3, -0.25) is 0 Å². The van der Waals surface area contributed by atoms with E-state index in [1.165, 1.54) is 38.5 Å². The maximum absolute atomic E-state index is 5.42. The SMILES string of the molecule is CCCC(CCCNC(CC)CC)OC. The van der Waals surface area contributed by atoms with Crippen LogP contribution in [-0.4, -0.2) is 25.8 Å². The van der Waals surface area contributed by atoms with Crippen molar-refractivity contribution in [1.82, 2.24) is 5.32 Å². The lowest BCUT2D eigenvalue weighted by molar-refractivity contribution is 0.0854. The molecule has 0 radical (unpaired) electrons. The quantitative estimate of drug-likeness (QED) is 0.564. The summed E-state index contributed by atoms with van der Waals surface area (Å²) in [6.07, 6.45) is 7.78. The lowest BCUT2D eigenvalue weighted by atomic mass is 10.1. The van der Waals surface area contributed by atoms with Crippen molar-refractivity contribution in [1.29, 1.82) is 0 Å². The minimum Gasteiger partial charge on any atom is -0.381 e. The summed E-state index contributed by atoms with van der Waals surface area (Å²) < 4.78 is 5.42. The molecule has 0 aromatic carbocycles. The van der Waals surface area contributed by atoms with Gasteiger partial charge in [-0.1, -0.05) is 27.2 Å². The largest absolute Gasteiger partial charge is 0.381 e. The van der Waals surface area contributed by atoms with E-state index < -0.39 is 0 Å². The topological polar surface area (TPSA) is 21.3 Å². The van der Waals surface area contributed by atoms with Crippen LogP contribution in [0.15, 0.2) is 0 Å². The Balaban J connectivity index is 3.42. The monoisotopic (exact) mass is 215 g/mol. The Morgan fingerprint density at radius 3 is 2.20 bits per heavy atom. The fraction of sp³-hybridized carbons (Fsp3) is 1.00. The Morgan fingerprint density at radius 1 is 1.07 bits per heavy atom. The van der Waals surface area contributed by atoms with Crippen LogP contribution in [0.2, 0.25) is 0 Å². The van der Waals surface area contributed by atoms with Crippen LogP contribution in [0.3, 0.4) is 0 Å². The predicted octanol–water partition coefficient (Wildman–Crippen LogP) is 3.36. The van der Waals surface area contributed by atoms with Gasteiger partial charge in [-0.15, -0.1) is 0 Å². The fourth-order valence-corrected chi connectivity index (χ4v) is 1.92. The van der Waals surface area contributed by atoms with Gasteiger partial charge in [0.05, 0.1) is 6.10 Å². The van der Waals surface area contributed by atoms with E-state index in [1.54, 1.807) is 0 Å². The second kappa shape index (κ2) is 10.4. The summed E-state index contributed by atoms with van der Waals surface area (Å²) in [6, 6.07) is 0.706. The van der Waals surface area contributed by atoms with Crippen molar-refractivity contribution in [3.8, 4) is 0 Å². The maximum atomic E-state index is 5.42. The Labute approximate surface area is 95.8 Å². The van der Waals surface area contributed by atoms with Gasteiger partial charge < -0.3 is 10.1 Å². The minimum atomic E-state index is 0.471. The highest BCUT2D eigenvalue weighted by Crippen LogP contribution is 2.08. The third kappa shape index (κ3) is 7.80. The molecule has 0 saturated carbocycles. The van der Waals surface area contributed by atoms with E-state index in [9.17, 15) is 0 Å². The highest BCUT2D eigenvalue weighted by Gasteiger charge is 2.06. The van der Waals surface area contributed by atoms with E-state index in [0.29, 0.717) is 12.1 Å². The zero-order valence-electron chi connectivity index (χ0n) is 11.0. The predicted molar refractivity (Wildman–Crippen MR) is 67.3 cm³/mol. The van der Waals surface area contributed by atoms with Crippen LogP contribution in [0.1, 0.15) is 59.3 Å². The standard InChI is InChI=1S/C13H29NO/c1-5-9-13(15-4)10-8-11-14-12(6-2)7-3/h12-14H,5-11H2,1-4H3. The molecule has 0 aliphatic carbocycles. The first-order valence-electron chi connectivity index (χ1n) is 6.54. The average Bonchev–Trinajstić information content (AvgIpc) is 2.28. The summed E-state index contributed by atoms with van der Waals surface area (Å²) in [6.45, 7) is 7.84. The molecule has 1 unspecified atom stereocenters. The van der Waals surface area contributed by atoms with Crippen molar-refractivity contribution in [3.05, 3.63) is 0 Å². The lowest BCUT2D eigenvalue weighted by Gasteiger charge is -2.17. The normalized spacial score (nSPS) is 13.4. The number of hydrogen-bond donors (Lipinski definition) is 1. The van der Waals surface area contributed by atoms with Gasteiger partial charge in [-0.25, -0.2) is 0 Å². The van der Waals surface area contributed by atoms with E-state index in [1.807, 2.05) is 7.11 Å². The van der Waals surface area contributed by atoms with Gasteiger partial charge in [0.2, 0.25) is 0 Å². The molecule has 2 heteroatoms. The molecule has 0 saturated heterocycles. The molecule has 0 aliphatic rings. The lowest BCUT2D eigenvalue weighted by Crippen LogP contribution is -2.29. The van der Waals surface area contributed by atoms with Gasteiger partial charge in [0, 0.05) is 13.2 Å². The van der Waals surface area contributed by atoms with Gasteiger partial charge in [0.25, 0.3) is 0 Å². The zero-order valence-corrected chi connectivity index (χ0v) is 11.0. The molecule has 1 atom stereocenters. The van der Waals surface area contributed by atoms with Crippen molar-refractivity contribution in [2.75, 3.05) is 13.7 Å². The van der Waals surface area contributed by atoms with Crippen LogP contribution < -0.4 is 5.32 Å². The van der Waals surface area contributed by atoms with E-state index in [2.05, 4.69) is 26.1 Å². The Bertz CT molecular complexity index is 124. The molecule has 1 N–H and O–H groups in total. The summed E-state index contributed by atoms with van der Waals surface area (Å²) in [5.41, 5.74) is 0. The van der Waals surface area contributed by atoms with E-state index in [0.717, 1.165) is 6.54 Å². The number of nitrogens with one attached hydrogen (secondary N) is 1. The van der Waals surface area contributed by atoms with Crippen molar-refractivity contribution >= 4 is 0 Å². The molecular formula is C13H29NO. The summed E-state index contributed by atoms with van der Waals surface area (Å²) in [7, 11) is 1.83. The molecule has 15 heavy (non-hydrogen) atoms. The number of hydrogen-bond acceptors (Lipinski definition) is 2. The molecule has 0 bridgehead atoms. The second-order valence-electron chi connectivity index (χ2n) is 4.26. The van der Waals surface area contributed by atoms with Crippen LogP contribution in [0.25, 0.3) is 0 Å². The first-order chi connectivity index (χ1) is 7.28. The molecule has 0 aromatic heterocycles. The van der Waals surface area contributed by atoms with Crippen molar-refractivity contribution in [2.24, 2.45) is 0 Å². The van der Waals surface area contributed by atoms with Crippen LogP contribution >= 0.6 is 0 Å². The molecular weight excluding hydrogens is 186 g/mol. The Morgan fingerprint density at radius 2 is 1.73 bits per heavy atom. The van der Waals surface area contributed by atoms with Crippen molar-refractivity contribution < 1.29 is 4.74 Å². The molecule has 0 rings (SSSR count). The number of rotatable bonds is 10. The van der Waals surface area contributed by atoms with Gasteiger partial charge in [0.1, 0.15) is 0 Å². The van der Waals surface area contributed by atoms with Crippen LogP contribution in [0, 0.1) is 0 Å². The zero-order chi connectivity index (χ0) is 11.5. The molecule has 0 amide bonds. The average molecular weight is 215 g/mol. The Kier molecular flexibility index (Phi) is 10.4. The van der Waals surface area contributed by atoms with Crippen molar-refractivity contribution in [3.63, 3.8) is 0 Å². The minimum absolute atomic E-state index is 0.471. The molecule has 0 fully saturated rings. The first-order valence-corrected chi connectivity index (χ1v) is 6.54. The molecule has 0 spiro atoms. The number of methoxy groups -OCH3 is 1. The first kappa shape index (κ1) is 14.9. The summed E-state index contributed by atoms with van der Waals surface area (Å²) in [5, 5.41) is 3.59. The third-order valence-electron chi connectivity index (χ3n) is 3.07. The fourth-order valence-electron chi connectivity index (χ4n) is 1.92. The van der Waals surface area contributed by atoms with Gasteiger partial charge in [-0.05, 0) is 38.6 Å². The Hall–Kier alpha value is -0.0800. The van der Waals surface area contributed by atoms with Gasteiger partial charge in [-0.2, -0.15) is 0 Å². The van der Waals surface area contributed by atoms with Crippen LogP contribution in [-0.2, 0) is 4.74 Å². The van der Waals surface area contributed by atoms with Crippen molar-refractivity contribution in [2.45, 2.75) is 71.4 Å². The smallest absolute Gasteiger partial charge is 0.0571 e.